The van der Waals surface area contributed by atoms with Crippen molar-refractivity contribution in [3.05, 3.63) is 36.0 Å². The Morgan fingerprint density at radius 3 is 3.07 bits per heavy atom. The molecule has 3 nitrogen and oxygen atoms in total. The molecule has 0 amide bonds. The van der Waals surface area contributed by atoms with Crippen molar-refractivity contribution in [2.24, 2.45) is 0 Å². The highest BCUT2D eigenvalue weighted by atomic mass is 16.4. The molecule has 1 heterocycles. The minimum atomic E-state index is -0.898. The van der Waals surface area contributed by atoms with Crippen molar-refractivity contribution in [3.63, 3.8) is 0 Å². The minimum absolute atomic E-state index is 0.120. The SMILES string of the molecule is O=C(O)CC#Cc1ccc2[nH]ccc2c1. The van der Waals surface area contributed by atoms with E-state index in [9.17, 15) is 4.79 Å². The summed E-state index contributed by atoms with van der Waals surface area (Å²) in [5, 5.41) is 9.50. The van der Waals surface area contributed by atoms with E-state index in [1.807, 2.05) is 30.5 Å². The largest absolute Gasteiger partial charge is 0.481 e. The highest BCUT2D eigenvalue weighted by Crippen LogP contribution is 2.13. The summed E-state index contributed by atoms with van der Waals surface area (Å²) in [6, 6.07) is 7.69. The van der Waals surface area contributed by atoms with E-state index in [1.54, 1.807) is 0 Å². The van der Waals surface area contributed by atoms with Crippen LogP contribution in [0.3, 0.4) is 0 Å². The Balaban J connectivity index is 2.27. The maximum Gasteiger partial charge on any atom is 0.315 e. The Labute approximate surface area is 86.7 Å². The molecule has 2 aromatic rings. The third-order valence-electron chi connectivity index (χ3n) is 2.03. The molecule has 0 aliphatic rings. The van der Waals surface area contributed by atoms with E-state index in [1.165, 1.54) is 0 Å². The molecule has 15 heavy (non-hydrogen) atoms. The topological polar surface area (TPSA) is 53.1 Å². The van der Waals surface area contributed by atoms with Crippen LogP contribution < -0.4 is 0 Å². The van der Waals surface area contributed by atoms with Gasteiger partial charge in [-0.25, -0.2) is 0 Å². The number of hydrogen-bond acceptors (Lipinski definition) is 1. The summed E-state index contributed by atoms with van der Waals surface area (Å²) in [5.74, 6) is 4.51. The lowest BCUT2D eigenvalue weighted by atomic mass is 10.1. The van der Waals surface area contributed by atoms with Gasteiger partial charge in [0.15, 0.2) is 0 Å². The van der Waals surface area contributed by atoms with Gasteiger partial charge in [0.05, 0.1) is 0 Å². The van der Waals surface area contributed by atoms with Crippen LogP contribution >= 0.6 is 0 Å². The Bertz CT molecular complexity index is 557. The fourth-order valence-electron chi connectivity index (χ4n) is 1.35. The summed E-state index contributed by atoms with van der Waals surface area (Å²) >= 11 is 0. The lowest BCUT2D eigenvalue weighted by Crippen LogP contribution is -1.90. The first-order valence-corrected chi connectivity index (χ1v) is 4.53. The van der Waals surface area contributed by atoms with Crippen molar-refractivity contribution in [2.45, 2.75) is 6.42 Å². The molecule has 0 saturated heterocycles. The van der Waals surface area contributed by atoms with Crippen LogP contribution in [0.2, 0.25) is 0 Å². The highest BCUT2D eigenvalue weighted by molar-refractivity contribution is 5.80. The number of carboxylic acid groups (broad SMARTS) is 1. The predicted molar refractivity (Wildman–Crippen MR) is 57.4 cm³/mol. The molecule has 0 bridgehead atoms. The van der Waals surface area contributed by atoms with Crippen molar-refractivity contribution in [1.82, 2.24) is 4.98 Å². The molecule has 0 radical (unpaired) electrons. The van der Waals surface area contributed by atoms with Crippen LogP contribution in [-0.4, -0.2) is 16.1 Å². The van der Waals surface area contributed by atoms with Crippen LogP contribution in [0.15, 0.2) is 30.5 Å². The summed E-state index contributed by atoms with van der Waals surface area (Å²) in [6.45, 7) is 0. The molecule has 74 valence electrons. The molecule has 1 aromatic heterocycles. The minimum Gasteiger partial charge on any atom is -0.481 e. The van der Waals surface area contributed by atoms with Gasteiger partial charge >= 0.3 is 5.97 Å². The third-order valence-corrected chi connectivity index (χ3v) is 2.03. The van der Waals surface area contributed by atoms with Crippen LogP contribution in [0.5, 0.6) is 0 Å². The Morgan fingerprint density at radius 2 is 2.27 bits per heavy atom. The van der Waals surface area contributed by atoms with Crippen LogP contribution in [0.25, 0.3) is 10.9 Å². The van der Waals surface area contributed by atoms with E-state index in [0.29, 0.717) is 0 Å². The van der Waals surface area contributed by atoms with Crippen LogP contribution in [0.4, 0.5) is 0 Å². The zero-order valence-corrected chi connectivity index (χ0v) is 7.95. The van der Waals surface area contributed by atoms with E-state index in [2.05, 4.69) is 16.8 Å². The Kier molecular flexibility index (Phi) is 2.42. The van der Waals surface area contributed by atoms with Gasteiger partial charge < -0.3 is 10.1 Å². The van der Waals surface area contributed by atoms with E-state index in [4.69, 9.17) is 5.11 Å². The summed E-state index contributed by atoms with van der Waals surface area (Å²) in [5.41, 5.74) is 1.89. The highest BCUT2D eigenvalue weighted by Gasteiger charge is 1.94. The van der Waals surface area contributed by atoms with Crippen molar-refractivity contribution >= 4 is 16.9 Å². The number of carboxylic acids is 1. The molecule has 0 atom stereocenters. The maximum atomic E-state index is 10.3. The molecular weight excluding hydrogens is 190 g/mol. The average molecular weight is 199 g/mol. The van der Waals surface area contributed by atoms with Gasteiger partial charge in [0.2, 0.25) is 0 Å². The summed E-state index contributed by atoms with van der Waals surface area (Å²) in [4.78, 5) is 13.3. The predicted octanol–water partition coefficient (Wildman–Crippen LogP) is 1.99. The smallest absolute Gasteiger partial charge is 0.315 e. The zero-order valence-electron chi connectivity index (χ0n) is 7.95. The van der Waals surface area contributed by atoms with E-state index in [-0.39, 0.29) is 6.42 Å². The molecule has 0 fully saturated rings. The maximum absolute atomic E-state index is 10.3. The van der Waals surface area contributed by atoms with Crippen molar-refractivity contribution in [3.8, 4) is 11.8 Å². The normalized spacial score (nSPS) is 9.60. The summed E-state index contributed by atoms with van der Waals surface area (Å²) in [7, 11) is 0. The first-order chi connectivity index (χ1) is 7.25. The molecule has 2 N–H and O–H groups in total. The summed E-state index contributed by atoms with van der Waals surface area (Å²) < 4.78 is 0. The second-order valence-electron chi connectivity index (χ2n) is 3.15. The summed E-state index contributed by atoms with van der Waals surface area (Å²) in [6.07, 6.45) is 1.74. The lowest BCUT2D eigenvalue weighted by molar-refractivity contribution is -0.135. The van der Waals surface area contributed by atoms with Crippen molar-refractivity contribution < 1.29 is 9.90 Å². The molecule has 2 rings (SSSR count). The average Bonchev–Trinajstić information content (AvgIpc) is 2.64. The number of fused-ring (bicyclic) bond motifs is 1. The first kappa shape index (κ1) is 9.35. The lowest BCUT2D eigenvalue weighted by Gasteiger charge is -1.91. The first-order valence-electron chi connectivity index (χ1n) is 4.53. The number of aromatic amines is 1. The quantitative estimate of drug-likeness (QED) is 0.690. The van der Waals surface area contributed by atoms with Crippen LogP contribution in [0, 0.1) is 11.8 Å². The van der Waals surface area contributed by atoms with Gasteiger partial charge in [0.25, 0.3) is 0 Å². The Morgan fingerprint density at radius 1 is 1.40 bits per heavy atom. The van der Waals surface area contributed by atoms with E-state index in [0.717, 1.165) is 16.5 Å². The number of hydrogen-bond donors (Lipinski definition) is 2. The van der Waals surface area contributed by atoms with Crippen LogP contribution in [0.1, 0.15) is 12.0 Å². The van der Waals surface area contributed by atoms with E-state index >= 15 is 0 Å². The fourth-order valence-corrected chi connectivity index (χ4v) is 1.35. The molecule has 1 aromatic carbocycles. The van der Waals surface area contributed by atoms with Crippen molar-refractivity contribution in [1.29, 1.82) is 0 Å². The van der Waals surface area contributed by atoms with E-state index < -0.39 is 5.97 Å². The number of rotatable bonds is 1. The number of benzene rings is 1. The number of nitrogens with one attached hydrogen (secondary N) is 1. The van der Waals surface area contributed by atoms with Crippen LogP contribution in [-0.2, 0) is 4.79 Å². The molecule has 0 aliphatic heterocycles. The second kappa shape index (κ2) is 3.89. The standard InChI is InChI=1S/C12H9NO2/c14-12(15)3-1-2-9-4-5-11-10(8-9)6-7-13-11/h4-8,13H,3H2,(H,14,15). The molecule has 0 aliphatic carbocycles. The van der Waals surface area contributed by atoms with Gasteiger partial charge in [-0.05, 0) is 24.3 Å². The second-order valence-corrected chi connectivity index (χ2v) is 3.15. The number of aliphatic carboxylic acids is 1. The molecular formula is C12H9NO2. The van der Waals surface area contributed by atoms with Gasteiger partial charge in [-0.1, -0.05) is 11.8 Å². The van der Waals surface area contributed by atoms with Gasteiger partial charge in [0.1, 0.15) is 6.42 Å². The van der Waals surface area contributed by atoms with Gasteiger partial charge in [-0.15, -0.1) is 0 Å². The van der Waals surface area contributed by atoms with Gasteiger partial charge in [-0.2, -0.15) is 0 Å². The molecule has 0 spiro atoms. The monoisotopic (exact) mass is 199 g/mol. The van der Waals surface area contributed by atoms with Gasteiger partial charge in [-0.3, -0.25) is 4.79 Å². The number of H-pyrrole nitrogens is 1. The molecule has 0 unspecified atom stereocenters. The zero-order chi connectivity index (χ0) is 10.7. The van der Waals surface area contributed by atoms with Gasteiger partial charge in [0, 0.05) is 22.7 Å². The van der Waals surface area contributed by atoms with Crippen molar-refractivity contribution in [2.75, 3.05) is 0 Å². The number of carbonyl (C=O) groups is 1. The number of aromatic nitrogens is 1. The Hall–Kier alpha value is -2.21. The molecule has 3 heteroatoms. The fraction of sp³-hybridized carbons (Fsp3) is 0.0833. The molecule has 0 saturated carbocycles. The third kappa shape index (κ3) is 2.18.